The Hall–Kier alpha value is -4.57. The molecular formula is C36H48N6O4. The van der Waals surface area contributed by atoms with Gasteiger partial charge in [-0.2, -0.15) is 0 Å². The fourth-order valence-electron chi connectivity index (χ4n) is 5.11. The molecule has 4 atom stereocenters. The lowest BCUT2D eigenvalue weighted by molar-refractivity contribution is -0.134. The van der Waals surface area contributed by atoms with Crippen LogP contribution in [0.3, 0.4) is 0 Å². The predicted octanol–water partition coefficient (Wildman–Crippen LogP) is 3.57. The van der Waals surface area contributed by atoms with E-state index in [1.165, 1.54) is 0 Å². The van der Waals surface area contributed by atoms with Crippen molar-refractivity contribution in [1.29, 1.82) is 0 Å². The summed E-state index contributed by atoms with van der Waals surface area (Å²) in [6.45, 7) is 5.96. The van der Waals surface area contributed by atoms with Crippen molar-refractivity contribution in [1.82, 2.24) is 26.3 Å². The summed E-state index contributed by atoms with van der Waals surface area (Å²) in [5.41, 5.74) is 8.19. The molecule has 6 N–H and O–H groups in total. The highest BCUT2D eigenvalue weighted by atomic mass is 16.2. The molecule has 10 nitrogen and oxygen atoms in total. The van der Waals surface area contributed by atoms with Gasteiger partial charge >= 0.3 is 0 Å². The molecule has 0 saturated heterocycles. The van der Waals surface area contributed by atoms with Crippen LogP contribution >= 0.6 is 0 Å². The Labute approximate surface area is 272 Å². The summed E-state index contributed by atoms with van der Waals surface area (Å²) in [6, 6.07) is 21.5. The van der Waals surface area contributed by atoms with E-state index in [0.717, 1.165) is 11.1 Å². The van der Waals surface area contributed by atoms with E-state index in [1.54, 1.807) is 25.3 Å². The largest absolute Gasteiger partial charge is 0.344 e. The van der Waals surface area contributed by atoms with Gasteiger partial charge in [0.05, 0.1) is 6.04 Å². The first kappa shape index (κ1) is 35.9. The first-order valence-corrected chi connectivity index (χ1v) is 16.2. The normalized spacial score (nSPS) is 13.6. The Morgan fingerprint density at radius 2 is 1.33 bits per heavy atom. The van der Waals surface area contributed by atoms with Crippen LogP contribution in [0.1, 0.15) is 75.7 Å². The van der Waals surface area contributed by atoms with Gasteiger partial charge in [-0.05, 0) is 55.0 Å². The summed E-state index contributed by atoms with van der Waals surface area (Å²) < 4.78 is 0. The highest BCUT2D eigenvalue weighted by molar-refractivity contribution is 5.94. The Kier molecular flexibility index (Phi) is 14.9. The number of hydrogen-bond donors (Lipinski definition) is 5. The van der Waals surface area contributed by atoms with Crippen LogP contribution in [0.25, 0.3) is 0 Å². The highest BCUT2D eigenvalue weighted by Crippen LogP contribution is 2.22. The average Bonchev–Trinajstić information content (AvgIpc) is 3.09. The fourth-order valence-corrected chi connectivity index (χ4v) is 5.11. The van der Waals surface area contributed by atoms with Crippen LogP contribution < -0.4 is 27.0 Å². The van der Waals surface area contributed by atoms with Gasteiger partial charge in [0.1, 0.15) is 18.1 Å². The van der Waals surface area contributed by atoms with Crippen molar-refractivity contribution in [2.24, 2.45) is 11.7 Å². The quantitative estimate of drug-likeness (QED) is 0.136. The van der Waals surface area contributed by atoms with E-state index in [9.17, 15) is 19.2 Å². The molecule has 1 aromatic heterocycles. The van der Waals surface area contributed by atoms with Crippen molar-refractivity contribution in [2.45, 2.75) is 83.5 Å². The second kappa shape index (κ2) is 19.1. The van der Waals surface area contributed by atoms with Crippen LogP contribution in [0.5, 0.6) is 0 Å². The minimum atomic E-state index is -0.939. The lowest BCUT2D eigenvalue weighted by Gasteiger charge is -2.29. The van der Waals surface area contributed by atoms with E-state index >= 15 is 0 Å². The second-order valence-corrected chi connectivity index (χ2v) is 11.5. The molecule has 4 amide bonds. The summed E-state index contributed by atoms with van der Waals surface area (Å²) in [4.78, 5) is 58.0. The van der Waals surface area contributed by atoms with Gasteiger partial charge in [-0.15, -0.1) is 0 Å². The molecule has 0 bridgehead atoms. The summed E-state index contributed by atoms with van der Waals surface area (Å²) >= 11 is 0. The third-order valence-electron chi connectivity index (χ3n) is 8.04. The van der Waals surface area contributed by atoms with Crippen molar-refractivity contribution in [3.8, 4) is 0 Å². The number of amides is 4. The molecule has 0 radical (unpaired) electrons. The predicted molar refractivity (Wildman–Crippen MR) is 179 cm³/mol. The molecule has 0 spiro atoms. The summed E-state index contributed by atoms with van der Waals surface area (Å²) in [6.07, 6.45) is 4.28. The molecule has 0 fully saturated rings. The van der Waals surface area contributed by atoms with Crippen LogP contribution in [0.15, 0.2) is 85.1 Å². The van der Waals surface area contributed by atoms with Gasteiger partial charge in [0.15, 0.2) is 0 Å². The van der Waals surface area contributed by atoms with Gasteiger partial charge in [0.2, 0.25) is 23.6 Å². The average molecular weight is 629 g/mol. The standard InChI is InChI=1S/C36H48N6O4/c1-4-25(3)32(41-35(45)30(39-31(43)5-2)24-28-20-13-15-23-38-28)36(46)40-29(21-12-14-22-37)34(44)42-33(26-16-8-6-9-17-26)27-18-10-7-11-19-27/h6-11,13,15-20,23,25,29-30,32-33H,4-5,12,14,21-22,24,37H2,1-3H3,(H,39,43)(H,40,46)(H,41,45)(H,42,44)/t25-,29-,30-,32-/m0/s1. The number of aromatic nitrogens is 1. The Bertz CT molecular complexity index is 1330. The molecule has 3 rings (SSSR count). The van der Waals surface area contributed by atoms with Gasteiger partial charge in [-0.1, -0.05) is 93.9 Å². The van der Waals surface area contributed by atoms with Crippen molar-refractivity contribution in [3.05, 3.63) is 102 Å². The molecule has 0 unspecified atom stereocenters. The van der Waals surface area contributed by atoms with Crippen LogP contribution in [0.2, 0.25) is 0 Å². The lowest BCUT2D eigenvalue weighted by Crippen LogP contribution is -2.59. The number of unbranched alkanes of at least 4 members (excludes halogenated alkanes) is 1. The zero-order valence-corrected chi connectivity index (χ0v) is 27.1. The van der Waals surface area contributed by atoms with E-state index in [0.29, 0.717) is 37.9 Å². The van der Waals surface area contributed by atoms with Gasteiger partial charge < -0.3 is 27.0 Å². The Morgan fingerprint density at radius 3 is 1.87 bits per heavy atom. The number of carbonyl (C=O) groups is 4. The third kappa shape index (κ3) is 11.1. The van der Waals surface area contributed by atoms with Crippen molar-refractivity contribution < 1.29 is 19.2 Å². The SMILES string of the molecule is CCC(=O)N[C@@H](Cc1ccccn1)C(=O)N[C@H](C(=O)N[C@@H](CCCCN)C(=O)NC(c1ccccc1)c1ccccc1)[C@@H](C)CC. The number of pyridine rings is 1. The highest BCUT2D eigenvalue weighted by Gasteiger charge is 2.33. The maximum atomic E-state index is 13.9. The minimum Gasteiger partial charge on any atom is -0.344 e. The van der Waals surface area contributed by atoms with Crippen molar-refractivity contribution in [2.75, 3.05) is 6.54 Å². The molecule has 0 aliphatic heterocycles. The van der Waals surface area contributed by atoms with Gasteiger partial charge in [0.25, 0.3) is 0 Å². The van der Waals surface area contributed by atoms with E-state index in [1.807, 2.05) is 80.6 Å². The third-order valence-corrected chi connectivity index (χ3v) is 8.04. The summed E-state index contributed by atoms with van der Waals surface area (Å²) in [5.74, 6) is -1.84. The molecule has 2 aromatic carbocycles. The van der Waals surface area contributed by atoms with Crippen LogP contribution in [0.4, 0.5) is 0 Å². The molecule has 3 aromatic rings. The Balaban J connectivity index is 1.83. The van der Waals surface area contributed by atoms with Crippen LogP contribution in [-0.2, 0) is 25.6 Å². The van der Waals surface area contributed by atoms with E-state index in [2.05, 4.69) is 26.3 Å². The molecule has 0 saturated carbocycles. The zero-order chi connectivity index (χ0) is 33.3. The number of rotatable bonds is 18. The summed E-state index contributed by atoms with van der Waals surface area (Å²) in [7, 11) is 0. The molecular weight excluding hydrogens is 580 g/mol. The van der Waals surface area contributed by atoms with E-state index < -0.39 is 36.0 Å². The zero-order valence-electron chi connectivity index (χ0n) is 27.1. The maximum absolute atomic E-state index is 13.9. The minimum absolute atomic E-state index is 0.164. The number of carbonyl (C=O) groups excluding carboxylic acids is 4. The number of hydrogen-bond acceptors (Lipinski definition) is 6. The van der Waals surface area contributed by atoms with Gasteiger partial charge in [-0.25, -0.2) is 0 Å². The summed E-state index contributed by atoms with van der Waals surface area (Å²) in [5, 5.41) is 11.7. The monoisotopic (exact) mass is 628 g/mol. The number of nitrogens with zero attached hydrogens (tertiary/aromatic N) is 1. The maximum Gasteiger partial charge on any atom is 0.243 e. The number of nitrogens with two attached hydrogens (primary N) is 1. The molecule has 10 heteroatoms. The molecule has 0 aliphatic rings. The Morgan fingerprint density at radius 1 is 0.717 bits per heavy atom. The molecule has 1 heterocycles. The smallest absolute Gasteiger partial charge is 0.243 e. The van der Waals surface area contributed by atoms with Gasteiger partial charge in [0, 0.05) is 24.7 Å². The first-order valence-electron chi connectivity index (χ1n) is 16.2. The fraction of sp³-hybridized carbons (Fsp3) is 0.417. The number of nitrogens with one attached hydrogen (secondary N) is 4. The van der Waals surface area contributed by atoms with E-state index in [-0.39, 0.29) is 30.6 Å². The van der Waals surface area contributed by atoms with Crippen LogP contribution in [0, 0.1) is 5.92 Å². The van der Waals surface area contributed by atoms with Gasteiger partial charge in [-0.3, -0.25) is 24.2 Å². The second-order valence-electron chi connectivity index (χ2n) is 11.5. The van der Waals surface area contributed by atoms with Crippen molar-refractivity contribution >= 4 is 23.6 Å². The molecule has 46 heavy (non-hydrogen) atoms. The first-order chi connectivity index (χ1) is 22.3. The number of benzene rings is 2. The molecule has 0 aliphatic carbocycles. The lowest BCUT2D eigenvalue weighted by atomic mass is 9.96. The topological polar surface area (TPSA) is 155 Å². The molecule has 246 valence electrons. The van der Waals surface area contributed by atoms with Crippen LogP contribution in [-0.4, -0.2) is 53.3 Å². The van der Waals surface area contributed by atoms with Crippen molar-refractivity contribution in [3.63, 3.8) is 0 Å². The van der Waals surface area contributed by atoms with E-state index in [4.69, 9.17) is 5.73 Å².